The van der Waals surface area contributed by atoms with Crippen molar-refractivity contribution in [2.75, 3.05) is 0 Å². The summed E-state index contributed by atoms with van der Waals surface area (Å²) in [5.74, 6) is 0. The van der Waals surface area contributed by atoms with Crippen molar-refractivity contribution in [3.8, 4) is 0 Å². The molecule has 7 aromatic carbocycles. The summed E-state index contributed by atoms with van der Waals surface area (Å²) < 4.78 is 0. The van der Waals surface area contributed by atoms with Gasteiger partial charge < -0.3 is 0 Å². The number of benzene rings is 7. The molecule has 105 heavy (non-hydrogen) atoms. The van der Waals surface area contributed by atoms with Crippen LogP contribution in [0.2, 0.25) is 0 Å². The third-order valence-corrected chi connectivity index (χ3v) is 14.8. The second-order valence-corrected chi connectivity index (χ2v) is 21.9. The van der Waals surface area contributed by atoms with E-state index in [2.05, 4.69) is 251 Å². The van der Waals surface area contributed by atoms with Gasteiger partial charge in [-0.15, -0.1) is 0 Å². The molecule has 0 bridgehead atoms. The van der Waals surface area contributed by atoms with Crippen LogP contribution >= 0.6 is 0 Å². The lowest BCUT2D eigenvalue weighted by Gasteiger charge is -2.02. The highest BCUT2D eigenvalue weighted by Gasteiger charge is 2.04. The molecule has 574 valence electrons. The Morgan fingerprint density at radius 2 is 0.581 bits per heavy atom. The highest BCUT2D eigenvalue weighted by atomic mass is 14.7. The predicted octanol–water partition coefficient (Wildman–Crippen LogP) is 31.6. The fourth-order valence-corrected chi connectivity index (χ4v) is 10.7. The predicted molar refractivity (Wildman–Crippen MR) is 485 cm³/mol. The van der Waals surface area contributed by atoms with Gasteiger partial charge in [0.05, 0.1) is 16.6 Å². The summed E-state index contributed by atoms with van der Waals surface area (Å²) in [6.45, 7) is 57.3. The molecule has 0 saturated heterocycles. The molecule has 0 aliphatic heterocycles. The Bertz CT molecular complexity index is 3920. The number of fused-ring (bicyclic) bond motifs is 7. The molecule has 0 atom stereocenters. The lowest BCUT2D eigenvalue weighted by molar-refractivity contribution is 1.21. The van der Waals surface area contributed by atoms with Crippen LogP contribution < -0.4 is 0 Å². The number of rotatable bonds is 0. The second-order valence-electron chi connectivity index (χ2n) is 21.9. The lowest BCUT2D eigenvalue weighted by Crippen LogP contribution is -1.86. The average molecular weight is 1420 g/mol. The number of aromatic nitrogens is 7. The van der Waals surface area contributed by atoms with Gasteiger partial charge in [-0.3, -0.25) is 34.9 Å². The third-order valence-electron chi connectivity index (χ3n) is 14.8. The van der Waals surface area contributed by atoms with E-state index in [9.17, 15) is 0 Å². The topological polar surface area (TPSA) is 90.2 Å². The SMILES string of the molecule is C.C.C.C.C.C.C.CC.CC.CC.CC.CC.CC.CC.Cc1cc(C)c2ccccc2n1.Cc1cc(C)c2cccnc2c1.Cc1cc(C)c2ccncc2c1.Cc1cc(C)c2cnccc2c1.Cc1cc(C)c2ncccc2c1.Cc1cnc(C)c2ccccc12.Cc1cnc(C)c2ccccc12. The first-order valence-electron chi connectivity index (χ1n) is 35.6. The summed E-state index contributed by atoms with van der Waals surface area (Å²) in [4.78, 5) is 29.9. The highest BCUT2D eigenvalue weighted by Crippen LogP contribution is 2.24. The monoisotopic (exact) mass is 1420 g/mol. The molecule has 0 saturated carbocycles. The summed E-state index contributed by atoms with van der Waals surface area (Å²) in [6, 6.07) is 56.7. The Balaban J connectivity index is -0.000000205. The first kappa shape index (κ1) is 109. The summed E-state index contributed by atoms with van der Waals surface area (Å²) in [5, 5.41) is 13.9. The lowest BCUT2D eigenvalue weighted by atomic mass is 10.0. The number of aryl methyl sites for hydroxylation is 14. The fraction of sp³-hybridized carbons (Fsp3) is 0.357. The highest BCUT2D eigenvalue weighted by molar-refractivity contribution is 5.89. The number of hydrogen-bond acceptors (Lipinski definition) is 7. The molecule has 14 rings (SSSR count). The fourth-order valence-electron chi connectivity index (χ4n) is 10.7. The summed E-state index contributed by atoms with van der Waals surface area (Å²) in [6.07, 6.45) is 15.0. The first-order chi connectivity index (χ1) is 47.4. The Kier molecular flexibility index (Phi) is 63.0. The Labute approximate surface area is 644 Å². The molecule has 0 unspecified atom stereocenters. The van der Waals surface area contributed by atoms with Crippen molar-refractivity contribution in [2.45, 2.75) is 246 Å². The van der Waals surface area contributed by atoms with Gasteiger partial charge in [0.15, 0.2) is 0 Å². The van der Waals surface area contributed by atoms with Gasteiger partial charge >= 0.3 is 0 Å². The maximum atomic E-state index is 4.44. The van der Waals surface area contributed by atoms with Crippen molar-refractivity contribution in [2.24, 2.45) is 0 Å². The summed E-state index contributed by atoms with van der Waals surface area (Å²) in [7, 11) is 0. The van der Waals surface area contributed by atoms with Crippen LogP contribution in [-0.2, 0) is 0 Å². The molecule has 0 N–H and O–H groups in total. The van der Waals surface area contributed by atoms with Crippen molar-refractivity contribution < 1.29 is 0 Å². The smallest absolute Gasteiger partial charge is 0.0731 e. The zero-order valence-electron chi connectivity index (χ0n) is 65.3. The van der Waals surface area contributed by atoms with Gasteiger partial charge in [0.2, 0.25) is 0 Å². The Morgan fingerprint density at radius 1 is 0.219 bits per heavy atom. The minimum absolute atomic E-state index is 0. The van der Waals surface area contributed by atoms with E-state index in [1.807, 2.05) is 192 Å². The van der Waals surface area contributed by atoms with E-state index in [-0.39, 0.29) is 52.0 Å². The summed E-state index contributed by atoms with van der Waals surface area (Å²) >= 11 is 0. The number of hydrogen-bond donors (Lipinski definition) is 0. The van der Waals surface area contributed by atoms with E-state index in [0.717, 1.165) is 33.6 Å². The third kappa shape index (κ3) is 34.3. The van der Waals surface area contributed by atoms with Gasteiger partial charge in [-0.2, -0.15) is 0 Å². The Hall–Kier alpha value is -9.59. The van der Waals surface area contributed by atoms with Crippen molar-refractivity contribution >= 4 is 75.8 Å². The maximum absolute atomic E-state index is 4.44. The molecule has 7 aromatic heterocycles. The van der Waals surface area contributed by atoms with Crippen LogP contribution in [0.15, 0.2) is 213 Å². The molecule has 0 aliphatic carbocycles. The van der Waals surface area contributed by atoms with E-state index < -0.39 is 0 Å². The van der Waals surface area contributed by atoms with Crippen LogP contribution in [0.25, 0.3) is 75.8 Å². The molecule has 0 spiro atoms. The minimum atomic E-state index is 0. The number of nitrogens with zero attached hydrogens (tertiary/aromatic N) is 7. The molecule has 7 nitrogen and oxygen atoms in total. The number of para-hydroxylation sites is 1. The van der Waals surface area contributed by atoms with Crippen molar-refractivity contribution in [3.05, 3.63) is 292 Å². The molecule has 0 aliphatic rings. The van der Waals surface area contributed by atoms with Crippen LogP contribution in [0.4, 0.5) is 0 Å². The van der Waals surface area contributed by atoms with Gasteiger partial charge in [0.25, 0.3) is 0 Å². The first-order valence-corrected chi connectivity index (χ1v) is 35.6. The van der Waals surface area contributed by atoms with E-state index >= 15 is 0 Å². The molecule has 0 fully saturated rings. The normalized spacial score (nSPS) is 8.80. The quantitative estimate of drug-likeness (QED) is 0.149. The molecule has 7 heterocycles. The van der Waals surface area contributed by atoms with Gasteiger partial charge in [-0.05, 0) is 218 Å². The summed E-state index contributed by atoms with van der Waals surface area (Å²) in [5.41, 5.74) is 20.8. The van der Waals surface area contributed by atoms with Crippen LogP contribution in [0.3, 0.4) is 0 Å². The largest absolute Gasteiger partial charge is 0.264 e. The minimum Gasteiger partial charge on any atom is -0.264 e. The number of pyridine rings is 7. The molecular weight excluding hydrogens is 1280 g/mol. The standard InChI is InChI=1S/7C11H11N.7C2H6.7CH4/c1-8-5-9(2)11-3-4-12-7-10(11)6-8;1-8-5-9(2)11-7-12-4-3-10(11)6-8;1-8-6-9(2)10-4-3-5-12-11(10)7-8;1-8-6-9(2)11-10(7-8)4-3-5-12-11;2*1-8-7-12-9(2)11-6-4-3-5-10(8)11;1-8-7-9(2)12-11-6-4-3-5-10(8)11;7*1-2;;;;;;;/h7*3-7H,1-2H3;7*1-2H3;7*1H4. The molecule has 0 amide bonds. The van der Waals surface area contributed by atoms with E-state index in [1.165, 1.54) is 120 Å². The van der Waals surface area contributed by atoms with Crippen molar-refractivity contribution in [3.63, 3.8) is 0 Å². The zero-order chi connectivity index (χ0) is 73.9. The average Bonchev–Trinajstić information content (AvgIpc) is 0.839. The van der Waals surface area contributed by atoms with E-state index in [0.29, 0.717) is 0 Å². The van der Waals surface area contributed by atoms with Crippen LogP contribution in [0.5, 0.6) is 0 Å². The molecule has 14 aromatic rings. The van der Waals surface area contributed by atoms with Crippen LogP contribution in [0.1, 0.15) is 227 Å². The van der Waals surface area contributed by atoms with Crippen LogP contribution in [0, 0.1) is 96.9 Å². The zero-order valence-corrected chi connectivity index (χ0v) is 65.3. The van der Waals surface area contributed by atoms with Gasteiger partial charge in [-0.25, -0.2) is 0 Å². The van der Waals surface area contributed by atoms with Gasteiger partial charge in [0.1, 0.15) is 0 Å². The van der Waals surface area contributed by atoms with E-state index in [4.69, 9.17) is 0 Å². The van der Waals surface area contributed by atoms with Gasteiger partial charge in [-0.1, -0.05) is 275 Å². The van der Waals surface area contributed by atoms with Crippen LogP contribution in [-0.4, -0.2) is 34.9 Å². The molecule has 0 radical (unpaired) electrons. The Morgan fingerprint density at radius 3 is 1.09 bits per heavy atom. The van der Waals surface area contributed by atoms with Crippen molar-refractivity contribution in [1.29, 1.82) is 0 Å². The van der Waals surface area contributed by atoms with E-state index in [1.54, 1.807) is 0 Å². The molecule has 7 heteroatoms. The molecular formula is C98H147N7. The second kappa shape index (κ2) is 60.8. The van der Waals surface area contributed by atoms with Crippen molar-refractivity contribution in [1.82, 2.24) is 34.9 Å². The maximum Gasteiger partial charge on any atom is 0.0731 e. The van der Waals surface area contributed by atoms with Gasteiger partial charge in [0, 0.05) is 104 Å².